The molecule has 0 fully saturated rings. The van der Waals surface area contributed by atoms with Gasteiger partial charge in [-0.1, -0.05) is 12.1 Å². The molecule has 1 N–H and O–H groups in total. The van der Waals surface area contributed by atoms with E-state index in [0.717, 1.165) is 17.3 Å². The van der Waals surface area contributed by atoms with Gasteiger partial charge in [0, 0.05) is 19.3 Å². The highest BCUT2D eigenvalue weighted by Gasteiger charge is 1.97. The first-order chi connectivity index (χ1) is 8.24. The van der Waals surface area contributed by atoms with Crippen molar-refractivity contribution in [3.63, 3.8) is 0 Å². The van der Waals surface area contributed by atoms with Gasteiger partial charge in [0.05, 0.1) is 6.20 Å². The van der Waals surface area contributed by atoms with E-state index >= 15 is 0 Å². The molecule has 0 saturated carbocycles. The van der Waals surface area contributed by atoms with Crippen LogP contribution in [-0.2, 0) is 13.1 Å². The van der Waals surface area contributed by atoms with Gasteiger partial charge in [0.1, 0.15) is 11.6 Å². The molecule has 0 unspecified atom stereocenters. The average Bonchev–Trinajstić information content (AvgIpc) is 2.29. The van der Waals surface area contributed by atoms with Crippen LogP contribution in [0.2, 0.25) is 0 Å². The number of hydrogen-bond acceptors (Lipinski definition) is 2. The summed E-state index contributed by atoms with van der Waals surface area (Å²) in [4.78, 5) is 3.75. The van der Waals surface area contributed by atoms with E-state index in [1.807, 2.05) is 6.07 Å². The zero-order valence-electron chi connectivity index (χ0n) is 9.16. The van der Waals surface area contributed by atoms with E-state index in [0.29, 0.717) is 13.1 Å². The van der Waals surface area contributed by atoms with Gasteiger partial charge in [0.15, 0.2) is 0 Å². The molecule has 1 aromatic heterocycles. The molecule has 0 amide bonds. The number of nitrogens with one attached hydrogen (secondary N) is 1. The number of rotatable bonds is 4. The molecule has 88 valence electrons. The number of nitrogens with zero attached hydrogens (tertiary/aromatic N) is 1. The monoisotopic (exact) mass is 234 g/mol. The van der Waals surface area contributed by atoms with Crippen molar-refractivity contribution in [3.8, 4) is 0 Å². The summed E-state index contributed by atoms with van der Waals surface area (Å²) in [5.41, 5.74) is 1.62. The minimum Gasteiger partial charge on any atom is -0.309 e. The summed E-state index contributed by atoms with van der Waals surface area (Å²) in [7, 11) is 0. The van der Waals surface area contributed by atoms with Crippen LogP contribution < -0.4 is 5.32 Å². The van der Waals surface area contributed by atoms with E-state index < -0.39 is 0 Å². The van der Waals surface area contributed by atoms with Crippen molar-refractivity contribution in [2.75, 3.05) is 0 Å². The highest BCUT2D eigenvalue weighted by molar-refractivity contribution is 5.16. The molecule has 0 radical (unpaired) electrons. The zero-order chi connectivity index (χ0) is 12.1. The molecular weight excluding hydrogens is 222 g/mol. The zero-order valence-corrected chi connectivity index (χ0v) is 9.16. The van der Waals surface area contributed by atoms with E-state index in [9.17, 15) is 8.78 Å². The van der Waals surface area contributed by atoms with Gasteiger partial charge < -0.3 is 5.32 Å². The van der Waals surface area contributed by atoms with Gasteiger partial charge in [0.2, 0.25) is 0 Å². The first kappa shape index (κ1) is 11.7. The van der Waals surface area contributed by atoms with Crippen LogP contribution in [0.5, 0.6) is 0 Å². The molecule has 0 aliphatic heterocycles. The molecule has 2 rings (SSSR count). The van der Waals surface area contributed by atoms with Crippen molar-refractivity contribution in [1.29, 1.82) is 0 Å². The molecule has 0 spiro atoms. The Labute approximate surface area is 98.3 Å². The SMILES string of the molecule is Fc1cccc(CNCc2cncc(F)c2)c1. The average molecular weight is 234 g/mol. The number of hydrogen-bond donors (Lipinski definition) is 1. The lowest BCUT2D eigenvalue weighted by Crippen LogP contribution is -2.13. The van der Waals surface area contributed by atoms with Crippen molar-refractivity contribution in [2.24, 2.45) is 0 Å². The summed E-state index contributed by atoms with van der Waals surface area (Å²) < 4.78 is 25.7. The Kier molecular flexibility index (Phi) is 3.77. The first-order valence-corrected chi connectivity index (χ1v) is 5.28. The molecule has 2 nitrogen and oxygen atoms in total. The number of halogens is 2. The van der Waals surface area contributed by atoms with E-state index in [1.165, 1.54) is 18.2 Å². The second-order valence-electron chi connectivity index (χ2n) is 3.74. The predicted molar refractivity (Wildman–Crippen MR) is 61.1 cm³/mol. The molecule has 1 heterocycles. The smallest absolute Gasteiger partial charge is 0.141 e. The topological polar surface area (TPSA) is 24.9 Å². The highest BCUT2D eigenvalue weighted by Crippen LogP contribution is 2.04. The highest BCUT2D eigenvalue weighted by atomic mass is 19.1. The molecule has 0 saturated heterocycles. The van der Waals surface area contributed by atoms with E-state index in [2.05, 4.69) is 10.3 Å². The lowest BCUT2D eigenvalue weighted by molar-refractivity contribution is 0.610. The maximum Gasteiger partial charge on any atom is 0.141 e. The Balaban J connectivity index is 1.87. The fraction of sp³-hybridized carbons (Fsp3) is 0.154. The minimum atomic E-state index is -0.352. The Bertz CT molecular complexity index is 455. The third kappa shape index (κ3) is 3.60. The Morgan fingerprint density at radius 2 is 1.71 bits per heavy atom. The summed E-state index contributed by atoms with van der Waals surface area (Å²) in [6, 6.07) is 7.79. The van der Waals surface area contributed by atoms with Gasteiger partial charge in [-0.05, 0) is 29.3 Å². The van der Waals surface area contributed by atoms with Crippen LogP contribution in [0.25, 0.3) is 0 Å². The summed E-state index contributed by atoms with van der Waals surface area (Å²) in [6.07, 6.45) is 2.76. The summed E-state index contributed by atoms with van der Waals surface area (Å²) >= 11 is 0. The molecule has 0 aliphatic rings. The molecule has 0 atom stereocenters. The van der Waals surface area contributed by atoms with Gasteiger partial charge in [-0.15, -0.1) is 0 Å². The van der Waals surface area contributed by atoms with Crippen LogP contribution in [0.1, 0.15) is 11.1 Å². The van der Waals surface area contributed by atoms with Crippen LogP contribution in [0.4, 0.5) is 8.78 Å². The third-order valence-electron chi connectivity index (χ3n) is 2.31. The van der Waals surface area contributed by atoms with Crippen LogP contribution in [-0.4, -0.2) is 4.98 Å². The first-order valence-electron chi connectivity index (χ1n) is 5.28. The maximum atomic E-state index is 12.9. The van der Waals surface area contributed by atoms with E-state index in [1.54, 1.807) is 12.3 Å². The van der Waals surface area contributed by atoms with E-state index in [4.69, 9.17) is 0 Å². The number of benzene rings is 1. The van der Waals surface area contributed by atoms with Gasteiger partial charge in [0.25, 0.3) is 0 Å². The van der Waals surface area contributed by atoms with Gasteiger partial charge in [-0.3, -0.25) is 4.98 Å². The minimum absolute atomic E-state index is 0.253. The van der Waals surface area contributed by atoms with Crippen molar-refractivity contribution >= 4 is 0 Å². The number of pyridine rings is 1. The lowest BCUT2D eigenvalue weighted by Gasteiger charge is -2.05. The molecule has 1 aromatic carbocycles. The molecule has 0 bridgehead atoms. The molecular formula is C13H12F2N2. The van der Waals surface area contributed by atoms with Crippen LogP contribution >= 0.6 is 0 Å². The van der Waals surface area contributed by atoms with Crippen LogP contribution in [0.15, 0.2) is 42.7 Å². The Morgan fingerprint density at radius 3 is 2.47 bits per heavy atom. The molecule has 0 aliphatic carbocycles. The predicted octanol–water partition coefficient (Wildman–Crippen LogP) is 2.65. The van der Waals surface area contributed by atoms with E-state index in [-0.39, 0.29) is 11.6 Å². The van der Waals surface area contributed by atoms with Crippen molar-refractivity contribution in [3.05, 3.63) is 65.5 Å². The van der Waals surface area contributed by atoms with Crippen molar-refractivity contribution in [1.82, 2.24) is 10.3 Å². The Morgan fingerprint density at radius 1 is 0.941 bits per heavy atom. The summed E-state index contributed by atoms with van der Waals surface area (Å²) in [5, 5.41) is 3.10. The Hall–Kier alpha value is -1.81. The second kappa shape index (κ2) is 5.50. The number of aromatic nitrogens is 1. The molecule has 2 aromatic rings. The normalized spacial score (nSPS) is 10.5. The van der Waals surface area contributed by atoms with Crippen LogP contribution in [0.3, 0.4) is 0 Å². The second-order valence-corrected chi connectivity index (χ2v) is 3.74. The summed E-state index contributed by atoms with van der Waals surface area (Å²) in [6.45, 7) is 1.04. The fourth-order valence-corrected chi connectivity index (χ4v) is 1.55. The molecule has 4 heteroatoms. The van der Waals surface area contributed by atoms with Gasteiger partial charge in [-0.25, -0.2) is 8.78 Å². The molecule has 17 heavy (non-hydrogen) atoms. The van der Waals surface area contributed by atoms with Gasteiger partial charge >= 0.3 is 0 Å². The largest absolute Gasteiger partial charge is 0.309 e. The quantitative estimate of drug-likeness (QED) is 0.879. The van der Waals surface area contributed by atoms with Crippen molar-refractivity contribution < 1.29 is 8.78 Å². The third-order valence-corrected chi connectivity index (χ3v) is 2.31. The van der Waals surface area contributed by atoms with Crippen molar-refractivity contribution in [2.45, 2.75) is 13.1 Å². The summed E-state index contributed by atoms with van der Waals surface area (Å²) in [5.74, 6) is -0.605. The fourth-order valence-electron chi connectivity index (χ4n) is 1.55. The lowest BCUT2D eigenvalue weighted by atomic mass is 10.2. The maximum absolute atomic E-state index is 12.9. The van der Waals surface area contributed by atoms with Crippen LogP contribution in [0, 0.1) is 11.6 Å². The standard InChI is InChI=1S/C13H12F2N2/c14-12-3-1-2-10(4-12)6-16-7-11-5-13(15)9-17-8-11/h1-5,8-9,16H,6-7H2. The van der Waals surface area contributed by atoms with Gasteiger partial charge in [-0.2, -0.15) is 0 Å².